The minimum absolute atomic E-state index is 0.00703. The second kappa shape index (κ2) is 10.1. The van der Waals surface area contributed by atoms with Crippen LogP contribution in [0.5, 0.6) is 11.5 Å². The maximum Gasteiger partial charge on any atom is 0.263 e. The molecule has 1 aliphatic heterocycles. The van der Waals surface area contributed by atoms with Crippen LogP contribution in [0.1, 0.15) is 24.0 Å². The van der Waals surface area contributed by atoms with Gasteiger partial charge in [0, 0.05) is 6.61 Å². The molecule has 7 heteroatoms. The maximum atomic E-state index is 12.4. The first kappa shape index (κ1) is 20.9. The van der Waals surface area contributed by atoms with Crippen LogP contribution in [0.25, 0.3) is 6.08 Å². The third-order valence-electron chi connectivity index (χ3n) is 4.38. The number of rotatable bonds is 7. The van der Waals surface area contributed by atoms with Crippen LogP contribution in [0.3, 0.4) is 0 Å². The van der Waals surface area contributed by atoms with Gasteiger partial charge in [-0.2, -0.15) is 5.26 Å². The third kappa shape index (κ3) is 5.59. The largest absolute Gasteiger partial charge is 0.493 e. The molecule has 1 N–H and O–H groups in total. The molecule has 3 rings (SSSR count). The molecule has 2 aromatic carbocycles. The normalized spacial score (nSPS) is 16.2. The summed E-state index contributed by atoms with van der Waals surface area (Å²) in [6.45, 7) is 1.00. The maximum absolute atomic E-state index is 12.4. The lowest BCUT2D eigenvalue weighted by molar-refractivity contribution is -0.120. The number of hydrogen-bond acceptors (Lipinski definition) is 5. The number of nitriles is 1. The molecule has 1 atom stereocenters. The van der Waals surface area contributed by atoms with Crippen molar-refractivity contribution in [3.05, 3.63) is 63.6 Å². The average Bonchev–Trinajstić information content (AvgIpc) is 3.24. The van der Waals surface area contributed by atoms with Gasteiger partial charge < -0.3 is 19.5 Å². The Kier molecular flexibility index (Phi) is 7.28. The highest BCUT2D eigenvalue weighted by Crippen LogP contribution is 2.37. The van der Waals surface area contributed by atoms with E-state index < -0.39 is 5.91 Å². The molecular weight excluding hydrogens is 436 g/mol. The Morgan fingerprint density at radius 2 is 2.17 bits per heavy atom. The van der Waals surface area contributed by atoms with Crippen LogP contribution >= 0.6 is 15.9 Å². The first-order valence-electron chi connectivity index (χ1n) is 9.19. The van der Waals surface area contributed by atoms with Crippen molar-refractivity contribution in [3.8, 4) is 17.6 Å². The van der Waals surface area contributed by atoms with Crippen LogP contribution in [-0.4, -0.2) is 25.9 Å². The topological polar surface area (TPSA) is 80.6 Å². The van der Waals surface area contributed by atoms with E-state index in [1.54, 1.807) is 19.2 Å². The molecule has 1 saturated heterocycles. The number of hydrogen-bond donors (Lipinski definition) is 1. The Morgan fingerprint density at radius 1 is 1.38 bits per heavy atom. The number of methoxy groups -OCH3 is 1. The monoisotopic (exact) mass is 456 g/mol. The highest BCUT2D eigenvalue weighted by atomic mass is 79.9. The molecule has 0 radical (unpaired) electrons. The first-order valence-corrected chi connectivity index (χ1v) is 9.98. The van der Waals surface area contributed by atoms with Crippen LogP contribution in [-0.2, 0) is 16.1 Å². The molecule has 0 aromatic heterocycles. The molecule has 0 aliphatic carbocycles. The van der Waals surface area contributed by atoms with Crippen molar-refractivity contribution in [1.29, 1.82) is 5.26 Å². The van der Waals surface area contributed by atoms with Crippen LogP contribution < -0.4 is 14.8 Å². The fourth-order valence-corrected chi connectivity index (χ4v) is 3.50. The summed E-state index contributed by atoms with van der Waals surface area (Å²) in [5.74, 6) is 0.591. The second-order valence-electron chi connectivity index (χ2n) is 6.45. The Morgan fingerprint density at radius 3 is 2.83 bits per heavy atom. The zero-order valence-corrected chi connectivity index (χ0v) is 17.6. The number of ether oxygens (including phenoxy) is 3. The van der Waals surface area contributed by atoms with Crippen molar-refractivity contribution in [2.45, 2.75) is 25.7 Å². The molecule has 0 unspecified atom stereocenters. The summed E-state index contributed by atoms with van der Waals surface area (Å²) in [5, 5.41) is 12.1. The fourth-order valence-electron chi connectivity index (χ4n) is 2.92. The molecule has 29 heavy (non-hydrogen) atoms. The van der Waals surface area contributed by atoms with Gasteiger partial charge in [0.15, 0.2) is 11.5 Å². The van der Waals surface area contributed by atoms with Gasteiger partial charge in [-0.3, -0.25) is 4.79 Å². The van der Waals surface area contributed by atoms with Gasteiger partial charge >= 0.3 is 0 Å². The van der Waals surface area contributed by atoms with E-state index in [1.807, 2.05) is 36.4 Å². The Balaban J connectivity index is 1.78. The van der Waals surface area contributed by atoms with Crippen molar-refractivity contribution in [3.63, 3.8) is 0 Å². The van der Waals surface area contributed by atoms with Crippen LogP contribution in [0.2, 0.25) is 0 Å². The summed E-state index contributed by atoms with van der Waals surface area (Å²) in [6, 6.07) is 15.2. The summed E-state index contributed by atoms with van der Waals surface area (Å²) in [5.41, 5.74) is 1.66. The van der Waals surface area contributed by atoms with Crippen LogP contribution in [0.4, 0.5) is 0 Å². The van der Waals surface area contributed by atoms with Gasteiger partial charge in [-0.05, 0) is 58.1 Å². The molecule has 1 fully saturated rings. The lowest BCUT2D eigenvalue weighted by Crippen LogP contribution is -2.34. The number of nitrogens with zero attached hydrogens (tertiary/aromatic N) is 1. The SMILES string of the molecule is COc1cc(/C=C(\C#N)C(=O)N[C@H]2CCCO2)cc(Br)c1OCc1ccccc1. The van der Waals surface area contributed by atoms with E-state index in [0.29, 0.717) is 34.7 Å². The zero-order valence-electron chi connectivity index (χ0n) is 16.0. The van der Waals surface area contributed by atoms with Crippen molar-refractivity contribution < 1.29 is 19.0 Å². The molecule has 150 valence electrons. The Hall–Kier alpha value is -2.82. The molecular formula is C22H21BrN2O4. The summed E-state index contributed by atoms with van der Waals surface area (Å²) in [7, 11) is 1.54. The molecule has 2 aromatic rings. The Labute approximate surface area is 178 Å². The van der Waals surface area contributed by atoms with Crippen molar-refractivity contribution >= 4 is 27.9 Å². The van der Waals surface area contributed by atoms with E-state index >= 15 is 0 Å². The van der Waals surface area contributed by atoms with E-state index in [-0.39, 0.29) is 11.8 Å². The van der Waals surface area contributed by atoms with Gasteiger partial charge in [0.05, 0.1) is 11.6 Å². The van der Waals surface area contributed by atoms with E-state index in [2.05, 4.69) is 21.2 Å². The summed E-state index contributed by atoms with van der Waals surface area (Å²) < 4.78 is 17.4. The van der Waals surface area contributed by atoms with Gasteiger partial charge in [-0.15, -0.1) is 0 Å². The summed E-state index contributed by atoms with van der Waals surface area (Å²) in [6.07, 6.45) is 2.82. The lowest BCUT2D eigenvalue weighted by Gasteiger charge is -2.14. The molecule has 1 heterocycles. The molecule has 6 nitrogen and oxygen atoms in total. The van der Waals surface area contributed by atoms with Gasteiger partial charge in [-0.1, -0.05) is 30.3 Å². The quantitative estimate of drug-likeness (QED) is 0.498. The number of carbonyl (C=O) groups excluding carboxylic acids is 1. The van der Waals surface area contributed by atoms with Gasteiger partial charge in [0.25, 0.3) is 5.91 Å². The Bertz CT molecular complexity index is 932. The first-order chi connectivity index (χ1) is 14.1. The molecule has 0 bridgehead atoms. The van der Waals surface area contributed by atoms with Gasteiger partial charge in [0.1, 0.15) is 24.5 Å². The number of halogens is 1. The average molecular weight is 457 g/mol. The van der Waals surface area contributed by atoms with E-state index in [0.717, 1.165) is 18.4 Å². The van der Waals surface area contributed by atoms with Crippen LogP contribution in [0, 0.1) is 11.3 Å². The van der Waals surface area contributed by atoms with E-state index in [9.17, 15) is 10.1 Å². The minimum atomic E-state index is -0.459. The number of amides is 1. The predicted octanol–water partition coefficient (Wildman–Crippen LogP) is 4.20. The molecule has 0 saturated carbocycles. The number of carbonyl (C=O) groups is 1. The highest BCUT2D eigenvalue weighted by Gasteiger charge is 2.20. The number of nitrogens with one attached hydrogen (secondary N) is 1. The van der Waals surface area contributed by atoms with Crippen molar-refractivity contribution in [2.75, 3.05) is 13.7 Å². The van der Waals surface area contributed by atoms with Gasteiger partial charge in [-0.25, -0.2) is 0 Å². The van der Waals surface area contributed by atoms with Crippen LogP contribution in [0.15, 0.2) is 52.5 Å². The van der Waals surface area contributed by atoms with Crippen molar-refractivity contribution in [2.24, 2.45) is 0 Å². The molecule has 1 aliphatic rings. The van der Waals surface area contributed by atoms with E-state index in [1.165, 1.54) is 6.08 Å². The summed E-state index contributed by atoms with van der Waals surface area (Å²) in [4.78, 5) is 12.4. The predicted molar refractivity (Wildman–Crippen MR) is 112 cm³/mol. The van der Waals surface area contributed by atoms with Crippen molar-refractivity contribution in [1.82, 2.24) is 5.32 Å². The zero-order chi connectivity index (χ0) is 20.6. The smallest absolute Gasteiger partial charge is 0.263 e. The third-order valence-corrected chi connectivity index (χ3v) is 4.96. The standard InChI is InChI=1S/C22H21BrN2O4/c1-27-19-12-16(10-17(13-24)22(26)25-20-8-5-9-28-20)11-18(23)21(19)29-14-15-6-3-2-4-7-15/h2-4,6-7,10-12,20H,5,8-9,14H2,1H3,(H,25,26)/b17-10+/t20-/m1/s1. The molecule has 0 spiro atoms. The van der Waals surface area contributed by atoms with E-state index in [4.69, 9.17) is 14.2 Å². The lowest BCUT2D eigenvalue weighted by atomic mass is 10.1. The summed E-state index contributed by atoms with van der Waals surface area (Å²) >= 11 is 3.49. The molecule has 1 amide bonds. The number of benzene rings is 2. The fraction of sp³-hybridized carbons (Fsp3) is 0.273. The second-order valence-corrected chi connectivity index (χ2v) is 7.31. The van der Waals surface area contributed by atoms with Gasteiger partial charge in [0.2, 0.25) is 0 Å². The highest BCUT2D eigenvalue weighted by molar-refractivity contribution is 9.10. The minimum Gasteiger partial charge on any atom is -0.493 e.